The lowest BCUT2D eigenvalue weighted by atomic mass is 10.2. The van der Waals surface area contributed by atoms with E-state index in [2.05, 4.69) is 15.6 Å². The van der Waals surface area contributed by atoms with Crippen molar-refractivity contribution in [3.05, 3.63) is 23.9 Å². The Balaban J connectivity index is 1.63. The lowest BCUT2D eigenvalue weighted by Gasteiger charge is -2.06. The standard InChI is InChI=1S/C13H19N3O2/c1-18-13-8-10(4-7-15-13)9-14-6-5-12(17)16-11-2-3-11/h4,7-8,11,14H,2-3,5-6,9H2,1H3,(H,16,17). The first kappa shape index (κ1) is 12.8. The molecule has 0 aliphatic heterocycles. The van der Waals surface area contributed by atoms with E-state index in [4.69, 9.17) is 4.74 Å². The van der Waals surface area contributed by atoms with Gasteiger partial charge in [-0.05, 0) is 24.5 Å². The number of carbonyl (C=O) groups excluding carboxylic acids is 1. The van der Waals surface area contributed by atoms with E-state index in [1.807, 2.05) is 12.1 Å². The summed E-state index contributed by atoms with van der Waals surface area (Å²) < 4.78 is 5.05. The maximum atomic E-state index is 11.4. The highest BCUT2D eigenvalue weighted by atomic mass is 16.5. The van der Waals surface area contributed by atoms with Crippen molar-refractivity contribution in [1.82, 2.24) is 15.6 Å². The van der Waals surface area contributed by atoms with Crippen LogP contribution in [0.25, 0.3) is 0 Å². The molecule has 0 unspecified atom stereocenters. The number of hydrogen-bond donors (Lipinski definition) is 2. The highest BCUT2D eigenvalue weighted by Gasteiger charge is 2.22. The van der Waals surface area contributed by atoms with E-state index >= 15 is 0 Å². The van der Waals surface area contributed by atoms with Crippen molar-refractivity contribution < 1.29 is 9.53 Å². The van der Waals surface area contributed by atoms with Gasteiger partial charge in [0, 0.05) is 37.8 Å². The number of aromatic nitrogens is 1. The van der Waals surface area contributed by atoms with E-state index in [0.29, 0.717) is 24.9 Å². The molecule has 0 radical (unpaired) electrons. The Morgan fingerprint density at radius 2 is 2.39 bits per heavy atom. The molecule has 1 amide bonds. The summed E-state index contributed by atoms with van der Waals surface area (Å²) in [4.78, 5) is 15.5. The molecule has 1 heterocycles. The molecule has 0 saturated heterocycles. The zero-order chi connectivity index (χ0) is 12.8. The molecular weight excluding hydrogens is 230 g/mol. The summed E-state index contributed by atoms with van der Waals surface area (Å²) in [5, 5.41) is 6.20. The van der Waals surface area contributed by atoms with Gasteiger partial charge in [0.1, 0.15) is 0 Å². The lowest BCUT2D eigenvalue weighted by molar-refractivity contribution is -0.121. The summed E-state index contributed by atoms with van der Waals surface area (Å²) in [5.41, 5.74) is 1.10. The molecule has 2 N–H and O–H groups in total. The van der Waals surface area contributed by atoms with Crippen molar-refractivity contribution in [3.63, 3.8) is 0 Å². The van der Waals surface area contributed by atoms with Crippen molar-refractivity contribution in [1.29, 1.82) is 0 Å². The molecular formula is C13H19N3O2. The number of carbonyl (C=O) groups is 1. The van der Waals surface area contributed by atoms with Crippen molar-refractivity contribution in [2.75, 3.05) is 13.7 Å². The summed E-state index contributed by atoms with van der Waals surface area (Å²) in [7, 11) is 1.60. The minimum absolute atomic E-state index is 0.136. The first-order chi connectivity index (χ1) is 8.78. The molecule has 1 aliphatic rings. The fraction of sp³-hybridized carbons (Fsp3) is 0.538. The van der Waals surface area contributed by atoms with Gasteiger partial charge in [-0.25, -0.2) is 4.98 Å². The quantitative estimate of drug-likeness (QED) is 0.703. The van der Waals surface area contributed by atoms with Gasteiger partial charge in [0.25, 0.3) is 0 Å². The zero-order valence-electron chi connectivity index (χ0n) is 10.6. The average molecular weight is 249 g/mol. The van der Waals surface area contributed by atoms with Gasteiger partial charge >= 0.3 is 0 Å². The maximum Gasteiger partial charge on any atom is 0.221 e. The number of methoxy groups -OCH3 is 1. The highest BCUT2D eigenvalue weighted by molar-refractivity contribution is 5.76. The molecule has 1 aliphatic carbocycles. The van der Waals surface area contributed by atoms with E-state index in [1.165, 1.54) is 0 Å². The molecule has 98 valence electrons. The molecule has 1 fully saturated rings. The van der Waals surface area contributed by atoms with Crippen LogP contribution in [0.2, 0.25) is 0 Å². The number of rotatable bonds is 7. The predicted octanol–water partition coefficient (Wildman–Crippen LogP) is 0.848. The van der Waals surface area contributed by atoms with Gasteiger partial charge in [-0.1, -0.05) is 0 Å². The van der Waals surface area contributed by atoms with E-state index in [0.717, 1.165) is 24.9 Å². The first-order valence-corrected chi connectivity index (χ1v) is 6.27. The monoisotopic (exact) mass is 249 g/mol. The number of ether oxygens (including phenoxy) is 1. The SMILES string of the molecule is COc1cc(CNCCC(=O)NC2CC2)ccn1. The summed E-state index contributed by atoms with van der Waals surface area (Å²) in [6, 6.07) is 4.26. The minimum atomic E-state index is 0.136. The van der Waals surface area contributed by atoms with Crippen molar-refractivity contribution >= 4 is 5.91 Å². The second-order valence-electron chi connectivity index (χ2n) is 4.48. The third-order valence-electron chi connectivity index (χ3n) is 2.81. The Kier molecular flexibility index (Phi) is 4.52. The Morgan fingerprint density at radius 3 is 3.11 bits per heavy atom. The molecule has 2 rings (SSSR count). The van der Waals surface area contributed by atoms with Crippen LogP contribution in [0.5, 0.6) is 5.88 Å². The summed E-state index contributed by atoms with van der Waals surface area (Å²) >= 11 is 0. The molecule has 1 aromatic heterocycles. The molecule has 0 bridgehead atoms. The molecule has 5 nitrogen and oxygen atoms in total. The number of nitrogens with one attached hydrogen (secondary N) is 2. The van der Waals surface area contributed by atoms with Crippen molar-refractivity contribution in [2.45, 2.75) is 31.8 Å². The summed E-state index contributed by atoms with van der Waals surface area (Å²) in [6.45, 7) is 1.40. The van der Waals surface area contributed by atoms with Gasteiger partial charge < -0.3 is 15.4 Å². The third-order valence-corrected chi connectivity index (χ3v) is 2.81. The van der Waals surface area contributed by atoms with E-state index in [-0.39, 0.29) is 5.91 Å². The smallest absolute Gasteiger partial charge is 0.221 e. The Bertz CT molecular complexity index is 405. The molecule has 0 spiro atoms. The number of nitrogens with zero attached hydrogens (tertiary/aromatic N) is 1. The third kappa shape index (κ3) is 4.33. The van der Waals surface area contributed by atoms with Crippen LogP contribution in [0.15, 0.2) is 18.3 Å². The second-order valence-corrected chi connectivity index (χ2v) is 4.48. The van der Waals surface area contributed by atoms with Crippen LogP contribution in [-0.2, 0) is 11.3 Å². The molecule has 1 saturated carbocycles. The molecule has 5 heteroatoms. The number of pyridine rings is 1. The van der Waals surface area contributed by atoms with Crippen LogP contribution in [0, 0.1) is 0 Å². The summed E-state index contributed by atoms with van der Waals surface area (Å²) in [6.07, 6.45) is 4.51. The maximum absolute atomic E-state index is 11.4. The zero-order valence-corrected chi connectivity index (χ0v) is 10.6. The number of hydrogen-bond acceptors (Lipinski definition) is 4. The lowest BCUT2D eigenvalue weighted by Crippen LogP contribution is -2.29. The van der Waals surface area contributed by atoms with Crippen LogP contribution >= 0.6 is 0 Å². The first-order valence-electron chi connectivity index (χ1n) is 6.27. The molecule has 1 aromatic rings. The normalized spacial score (nSPS) is 14.3. The Hall–Kier alpha value is -1.62. The molecule has 0 atom stereocenters. The van der Waals surface area contributed by atoms with E-state index in [1.54, 1.807) is 13.3 Å². The van der Waals surface area contributed by atoms with Gasteiger partial charge in [-0.2, -0.15) is 0 Å². The van der Waals surface area contributed by atoms with Gasteiger partial charge in [-0.3, -0.25) is 4.79 Å². The number of amides is 1. The van der Waals surface area contributed by atoms with Crippen molar-refractivity contribution in [3.8, 4) is 5.88 Å². The van der Waals surface area contributed by atoms with Crippen LogP contribution in [0.3, 0.4) is 0 Å². The summed E-state index contributed by atoms with van der Waals surface area (Å²) in [5.74, 6) is 0.748. The highest BCUT2D eigenvalue weighted by Crippen LogP contribution is 2.18. The van der Waals surface area contributed by atoms with Crippen LogP contribution in [0.4, 0.5) is 0 Å². The Labute approximate surface area is 107 Å². The van der Waals surface area contributed by atoms with E-state index < -0.39 is 0 Å². The minimum Gasteiger partial charge on any atom is -0.481 e. The van der Waals surface area contributed by atoms with Crippen LogP contribution in [0.1, 0.15) is 24.8 Å². The van der Waals surface area contributed by atoms with Gasteiger partial charge in [0.2, 0.25) is 11.8 Å². The van der Waals surface area contributed by atoms with Crippen molar-refractivity contribution in [2.24, 2.45) is 0 Å². The van der Waals surface area contributed by atoms with Gasteiger partial charge in [0.15, 0.2) is 0 Å². The van der Waals surface area contributed by atoms with Crippen LogP contribution < -0.4 is 15.4 Å². The Morgan fingerprint density at radius 1 is 1.56 bits per heavy atom. The van der Waals surface area contributed by atoms with Gasteiger partial charge in [-0.15, -0.1) is 0 Å². The van der Waals surface area contributed by atoms with Gasteiger partial charge in [0.05, 0.1) is 7.11 Å². The fourth-order valence-corrected chi connectivity index (χ4v) is 1.63. The molecule has 0 aromatic carbocycles. The average Bonchev–Trinajstić information content (AvgIpc) is 3.19. The second kappa shape index (κ2) is 6.35. The largest absolute Gasteiger partial charge is 0.481 e. The topological polar surface area (TPSA) is 63.2 Å². The van der Waals surface area contributed by atoms with E-state index in [9.17, 15) is 4.79 Å². The van der Waals surface area contributed by atoms with Crippen LogP contribution in [-0.4, -0.2) is 30.6 Å². The predicted molar refractivity (Wildman–Crippen MR) is 68.3 cm³/mol. The molecule has 18 heavy (non-hydrogen) atoms. The fourth-order valence-electron chi connectivity index (χ4n) is 1.63.